The predicted molar refractivity (Wildman–Crippen MR) is 75.4 cm³/mol. The van der Waals surface area contributed by atoms with Crippen LogP contribution < -0.4 is 0 Å². The second kappa shape index (κ2) is 11.3. The third kappa shape index (κ3) is 7.12. The lowest BCUT2D eigenvalue weighted by molar-refractivity contribution is -0.106. The molecule has 0 aliphatic heterocycles. The van der Waals surface area contributed by atoms with Crippen LogP contribution in [0.3, 0.4) is 0 Å². The van der Waals surface area contributed by atoms with Gasteiger partial charge in [-0.25, -0.2) is 0 Å². The minimum atomic E-state index is 0.750. The highest BCUT2D eigenvalue weighted by molar-refractivity contribution is 5.62. The monoisotopic (exact) mass is 242 g/mol. The van der Waals surface area contributed by atoms with E-state index < -0.39 is 0 Å². The van der Waals surface area contributed by atoms with Crippen LogP contribution in [0, 0.1) is 0 Å². The Balaban J connectivity index is 0.000000414. The van der Waals surface area contributed by atoms with E-state index >= 15 is 0 Å². The van der Waals surface area contributed by atoms with Gasteiger partial charge >= 0.3 is 0 Å². The smallest absolute Gasteiger partial charge is 0.116 e. The average molecular weight is 242 g/mol. The molecule has 18 heavy (non-hydrogen) atoms. The van der Waals surface area contributed by atoms with E-state index in [0.717, 1.165) is 12.6 Å². The number of hydrogen-bond donors (Lipinski definition) is 0. The molecule has 0 aromatic heterocycles. The van der Waals surface area contributed by atoms with Crippen molar-refractivity contribution in [2.75, 3.05) is 0 Å². The average Bonchev–Trinajstić information content (AvgIpc) is 2.43. The summed E-state index contributed by atoms with van der Waals surface area (Å²) in [6, 6.07) is 20.8. The molecule has 2 nitrogen and oxygen atoms in total. The zero-order valence-corrected chi connectivity index (χ0v) is 10.7. The highest BCUT2D eigenvalue weighted by atomic mass is 16.1. The molecule has 0 heterocycles. The van der Waals surface area contributed by atoms with Crippen LogP contribution in [-0.2, 0) is 9.59 Å². The lowest BCUT2D eigenvalue weighted by atomic mass is 10.1. The van der Waals surface area contributed by atoms with Crippen LogP contribution in [0.4, 0.5) is 0 Å². The summed E-state index contributed by atoms with van der Waals surface area (Å²) in [6.07, 6.45) is 1.50. The number of benzene rings is 2. The van der Waals surface area contributed by atoms with Crippen molar-refractivity contribution in [3.05, 3.63) is 60.7 Å². The highest BCUT2D eigenvalue weighted by Gasteiger charge is 1.91. The van der Waals surface area contributed by atoms with Crippen LogP contribution >= 0.6 is 0 Å². The van der Waals surface area contributed by atoms with Gasteiger partial charge in [-0.3, -0.25) is 0 Å². The molecular weight excluding hydrogens is 224 g/mol. The summed E-state index contributed by atoms with van der Waals surface area (Å²) in [5.74, 6) is 0. The van der Waals surface area contributed by atoms with Gasteiger partial charge in [0.25, 0.3) is 0 Å². The van der Waals surface area contributed by atoms with Crippen LogP contribution in [0.2, 0.25) is 0 Å². The molecule has 0 spiro atoms. The summed E-state index contributed by atoms with van der Waals surface area (Å²) < 4.78 is 0. The SMILES string of the molecule is CC=O.CC=O.c1ccc(-c2ccccc2)cc1. The molecule has 0 aliphatic rings. The van der Waals surface area contributed by atoms with E-state index in [2.05, 4.69) is 48.5 Å². The molecule has 0 bridgehead atoms. The summed E-state index contributed by atoms with van der Waals surface area (Å²) in [6.45, 7) is 2.89. The Morgan fingerprint density at radius 1 is 0.611 bits per heavy atom. The Kier molecular flexibility index (Phi) is 9.88. The molecular formula is C16H18O2. The lowest BCUT2D eigenvalue weighted by Gasteiger charge is -1.98. The van der Waals surface area contributed by atoms with Crippen LogP contribution in [0.1, 0.15) is 13.8 Å². The van der Waals surface area contributed by atoms with Crippen molar-refractivity contribution in [3.63, 3.8) is 0 Å². The third-order valence-corrected chi connectivity index (χ3v) is 1.88. The fraction of sp³-hybridized carbons (Fsp3) is 0.125. The number of carbonyl (C=O) groups excluding carboxylic acids is 2. The zero-order chi connectivity index (χ0) is 13.6. The van der Waals surface area contributed by atoms with Gasteiger partial charge in [0.1, 0.15) is 12.6 Å². The minimum absolute atomic E-state index is 0.750. The second-order valence-electron chi connectivity index (χ2n) is 3.20. The fourth-order valence-electron chi connectivity index (χ4n) is 1.26. The summed E-state index contributed by atoms with van der Waals surface area (Å²) in [4.78, 5) is 17.6. The standard InChI is InChI=1S/C12H10.2C2H4O/c1-3-7-11(8-4-1)12-9-5-2-6-10-12;2*1-2-3/h1-10H;2*2H,1H3. The van der Waals surface area contributed by atoms with Crippen LogP contribution in [-0.4, -0.2) is 12.6 Å². The van der Waals surface area contributed by atoms with E-state index in [0.29, 0.717) is 0 Å². The Morgan fingerprint density at radius 3 is 1.06 bits per heavy atom. The Labute approximate surface area is 108 Å². The first-order chi connectivity index (χ1) is 8.79. The van der Waals surface area contributed by atoms with Gasteiger partial charge in [0.05, 0.1) is 0 Å². The summed E-state index contributed by atoms with van der Waals surface area (Å²) in [5, 5.41) is 0. The maximum absolute atomic E-state index is 8.81. The maximum Gasteiger partial charge on any atom is 0.116 e. The van der Waals surface area contributed by atoms with Crippen molar-refractivity contribution in [1.82, 2.24) is 0 Å². The van der Waals surface area contributed by atoms with Crippen molar-refractivity contribution in [2.24, 2.45) is 0 Å². The van der Waals surface area contributed by atoms with E-state index in [-0.39, 0.29) is 0 Å². The topological polar surface area (TPSA) is 34.1 Å². The van der Waals surface area contributed by atoms with E-state index in [1.54, 1.807) is 0 Å². The minimum Gasteiger partial charge on any atom is -0.304 e. The van der Waals surface area contributed by atoms with Crippen molar-refractivity contribution < 1.29 is 9.59 Å². The van der Waals surface area contributed by atoms with Crippen molar-refractivity contribution in [3.8, 4) is 11.1 Å². The normalized spacial score (nSPS) is 7.89. The molecule has 2 rings (SSSR count). The molecule has 0 unspecified atom stereocenters. The van der Waals surface area contributed by atoms with E-state index in [1.165, 1.54) is 25.0 Å². The van der Waals surface area contributed by atoms with Crippen LogP contribution in [0.15, 0.2) is 60.7 Å². The van der Waals surface area contributed by atoms with E-state index in [1.807, 2.05) is 12.1 Å². The van der Waals surface area contributed by atoms with Crippen LogP contribution in [0.25, 0.3) is 11.1 Å². The van der Waals surface area contributed by atoms with E-state index in [4.69, 9.17) is 9.59 Å². The van der Waals surface area contributed by atoms with E-state index in [9.17, 15) is 0 Å². The van der Waals surface area contributed by atoms with Crippen LogP contribution in [0.5, 0.6) is 0 Å². The van der Waals surface area contributed by atoms with Gasteiger partial charge in [-0.1, -0.05) is 60.7 Å². The molecule has 0 saturated heterocycles. The first-order valence-corrected chi connectivity index (χ1v) is 5.70. The highest BCUT2D eigenvalue weighted by Crippen LogP contribution is 2.17. The number of hydrogen-bond acceptors (Lipinski definition) is 2. The number of aldehydes is 2. The number of rotatable bonds is 1. The predicted octanol–water partition coefficient (Wildman–Crippen LogP) is 3.76. The molecule has 2 heteroatoms. The van der Waals surface area contributed by atoms with Gasteiger partial charge in [-0.15, -0.1) is 0 Å². The molecule has 0 fully saturated rings. The molecule has 0 N–H and O–H groups in total. The molecule has 94 valence electrons. The Hall–Kier alpha value is -2.22. The zero-order valence-electron chi connectivity index (χ0n) is 10.7. The maximum atomic E-state index is 8.81. The molecule has 2 aromatic carbocycles. The molecule has 0 saturated carbocycles. The van der Waals surface area contributed by atoms with Gasteiger partial charge in [-0.2, -0.15) is 0 Å². The van der Waals surface area contributed by atoms with Crippen molar-refractivity contribution in [1.29, 1.82) is 0 Å². The quantitative estimate of drug-likeness (QED) is 0.713. The largest absolute Gasteiger partial charge is 0.304 e. The first kappa shape index (κ1) is 15.8. The summed E-state index contributed by atoms with van der Waals surface area (Å²) in [5.41, 5.74) is 2.55. The van der Waals surface area contributed by atoms with Gasteiger partial charge in [-0.05, 0) is 25.0 Å². The van der Waals surface area contributed by atoms with Gasteiger partial charge in [0.2, 0.25) is 0 Å². The first-order valence-electron chi connectivity index (χ1n) is 5.70. The molecule has 0 amide bonds. The molecule has 0 aliphatic carbocycles. The van der Waals surface area contributed by atoms with Gasteiger partial charge in [0.15, 0.2) is 0 Å². The molecule has 0 atom stereocenters. The lowest BCUT2D eigenvalue weighted by Crippen LogP contribution is -1.73. The summed E-state index contributed by atoms with van der Waals surface area (Å²) in [7, 11) is 0. The van der Waals surface area contributed by atoms with Crippen molar-refractivity contribution >= 4 is 12.6 Å². The van der Waals surface area contributed by atoms with Crippen molar-refractivity contribution in [2.45, 2.75) is 13.8 Å². The number of carbonyl (C=O) groups is 2. The molecule has 0 radical (unpaired) electrons. The van der Waals surface area contributed by atoms with Gasteiger partial charge in [0, 0.05) is 0 Å². The Bertz CT molecular complexity index is 378. The second-order valence-corrected chi connectivity index (χ2v) is 3.20. The van der Waals surface area contributed by atoms with Gasteiger partial charge < -0.3 is 9.59 Å². The summed E-state index contributed by atoms with van der Waals surface area (Å²) >= 11 is 0. The Morgan fingerprint density at radius 2 is 0.833 bits per heavy atom. The fourth-order valence-corrected chi connectivity index (χ4v) is 1.26. The molecule has 2 aromatic rings. The third-order valence-electron chi connectivity index (χ3n) is 1.88.